The first kappa shape index (κ1) is 18.3. The van der Waals surface area contributed by atoms with Crippen LogP contribution in [0.15, 0.2) is 36.4 Å². The van der Waals surface area contributed by atoms with E-state index in [9.17, 15) is 15.0 Å². The van der Waals surface area contributed by atoms with Gasteiger partial charge >= 0.3 is 5.97 Å². The van der Waals surface area contributed by atoms with Gasteiger partial charge in [-0.25, -0.2) is 4.79 Å². The molecule has 0 saturated carbocycles. The molecule has 0 radical (unpaired) electrons. The number of aryl methyl sites for hydroxylation is 2. The summed E-state index contributed by atoms with van der Waals surface area (Å²) in [6.45, 7) is 3.33. The van der Waals surface area contributed by atoms with E-state index in [1.807, 2.05) is 30.3 Å². The lowest BCUT2D eigenvalue weighted by Gasteiger charge is -2.24. The Morgan fingerprint density at radius 1 is 1.27 bits per heavy atom. The van der Waals surface area contributed by atoms with Gasteiger partial charge in [-0.1, -0.05) is 30.3 Å². The third kappa shape index (κ3) is 3.53. The lowest BCUT2D eigenvalue weighted by molar-refractivity contribution is -0.0229. The minimum atomic E-state index is -1.05. The number of aromatic hydroxyl groups is 1. The van der Waals surface area contributed by atoms with Crippen molar-refractivity contribution in [3.63, 3.8) is 0 Å². The molecule has 1 atom stereocenters. The van der Waals surface area contributed by atoms with Crippen LogP contribution in [0.4, 0.5) is 0 Å². The fourth-order valence-corrected chi connectivity index (χ4v) is 3.26. The number of aliphatic hydroxyl groups is 1. The minimum Gasteiger partial charge on any atom is -0.507 e. The Morgan fingerprint density at radius 2 is 1.96 bits per heavy atom. The molecular weight excluding hydrogens is 332 g/mol. The second kappa shape index (κ2) is 7.00. The number of rotatable bonds is 5. The molecule has 0 bridgehead atoms. The highest BCUT2D eigenvalue weighted by molar-refractivity contribution is 5.95. The Labute approximate surface area is 153 Å². The topological polar surface area (TPSA) is 76.0 Å². The van der Waals surface area contributed by atoms with Crippen LogP contribution in [-0.4, -0.2) is 35.0 Å². The zero-order chi connectivity index (χ0) is 18.9. The van der Waals surface area contributed by atoms with Crippen LogP contribution in [0.2, 0.25) is 0 Å². The second-order valence-corrected chi connectivity index (χ2v) is 7.18. The summed E-state index contributed by atoms with van der Waals surface area (Å²) in [6.07, 6.45) is 1.15. The molecule has 0 spiro atoms. The van der Waals surface area contributed by atoms with Crippen molar-refractivity contribution < 1.29 is 24.5 Å². The lowest BCUT2D eigenvalue weighted by atomic mass is 9.92. The molecule has 0 aliphatic carbocycles. The van der Waals surface area contributed by atoms with E-state index in [2.05, 4.69) is 0 Å². The molecule has 0 aromatic heterocycles. The second-order valence-electron chi connectivity index (χ2n) is 7.18. The highest BCUT2D eigenvalue weighted by Crippen LogP contribution is 2.42. The SMILES string of the molecule is COC(=O)c1c(CCc2ccccc2)cc2c(c1O)CC(C(C)(C)O)O2. The maximum Gasteiger partial charge on any atom is 0.341 e. The van der Waals surface area contributed by atoms with E-state index in [0.717, 1.165) is 12.0 Å². The zero-order valence-corrected chi connectivity index (χ0v) is 15.3. The van der Waals surface area contributed by atoms with Gasteiger partial charge in [-0.2, -0.15) is 0 Å². The summed E-state index contributed by atoms with van der Waals surface area (Å²) in [6, 6.07) is 11.7. The van der Waals surface area contributed by atoms with E-state index in [0.29, 0.717) is 29.7 Å². The predicted molar refractivity (Wildman–Crippen MR) is 97.7 cm³/mol. The van der Waals surface area contributed by atoms with Crippen molar-refractivity contribution in [1.29, 1.82) is 0 Å². The average Bonchev–Trinajstić information content (AvgIpc) is 3.05. The number of methoxy groups -OCH3 is 1. The normalized spacial score (nSPS) is 16.1. The fraction of sp³-hybridized carbons (Fsp3) is 0.381. The fourth-order valence-electron chi connectivity index (χ4n) is 3.26. The summed E-state index contributed by atoms with van der Waals surface area (Å²) < 4.78 is 10.7. The Morgan fingerprint density at radius 3 is 2.58 bits per heavy atom. The number of fused-ring (bicyclic) bond motifs is 1. The van der Waals surface area contributed by atoms with Gasteiger partial charge in [-0.3, -0.25) is 0 Å². The zero-order valence-electron chi connectivity index (χ0n) is 15.3. The molecule has 2 N–H and O–H groups in total. The van der Waals surface area contributed by atoms with Gasteiger partial charge in [0, 0.05) is 12.0 Å². The monoisotopic (exact) mass is 356 g/mol. The van der Waals surface area contributed by atoms with Gasteiger partial charge in [0.1, 0.15) is 23.2 Å². The van der Waals surface area contributed by atoms with Crippen molar-refractivity contribution in [3.8, 4) is 11.5 Å². The van der Waals surface area contributed by atoms with Crippen LogP contribution < -0.4 is 4.74 Å². The van der Waals surface area contributed by atoms with Gasteiger partial charge in [-0.05, 0) is 43.9 Å². The van der Waals surface area contributed by atoms with Gasteiger partial charge in [0.2, 0.25) is 0 Å². The molecule has 5 heteroatoms. The minimum absolute atomic E-state index is 0.107. The lowest BCUT2D eigenvalue weighted by Crippen LogP contribution is -2.39. The molecule has 2 aromatic rings. The Hall–Kier alpha value is -2.53. The van der Waals surface area contributed by atoms with E-state index in [-0.39, 0.29) is 11.3 Å². The number of carbonyl (C=O) groups excluding carboxylic acids is 1. The molecule has 2 aromatic carbocycles. The van der Waals surface area contributed by atoms with E-state index >= 15 is 0 Å². The first-order valence-electron chi connectivity index (χ1n) is 8.70. The third-order valence-corrected chi connectivity index (χ3v) is 4.81. The van der Waals surface area contributed by atoms with Crippen molar-refractivity contribution in [3.05, 3.63) is 58.7 Å². The molecular formula is C21H24O5. The number of ether oxygens (including phenoxy) is 2. The molecule has 138 valence electrons. The van der Waals surface area contributed by atoms with Crippen molar-refractivity contribution in [2.75, 3.05) is 7.11 Å². The molecule has 1 aliphatic rings. The molecule has 0 amide bonds. The Kier molecular flexibility index (Phi) is 4.92. The molecule has 0 saturated heterocycles. The Bertz CT molecular complexity index is 805. The molecule has 1 heterocycles. The Balaban J connectivity index is 1.96. The summed E-state index contributed by atoms with van der Waals surface area (Å²) in [5.74, 6) is -0.158. The van der Waals surface area contributed by atoms with Crippen molar-refractivity contribution in [1.82, 2.24) is 0 Å². The molecule has 26 heavy (non-hydrogen) atoms. The molecule has 3 rings (SSSR count). The van der Waals surface area contributed by atoms with E-state index in [4.69, 9.17) is 9.47 Å². The van der Waals surface area contributed by atoms with Gasteiger partial charge in [0.05, 0.1) is 12.7 Å². The number of esters is 1. The van der Waals surface area contributed by atoms with Crippen LogP contribution >= 0.6 is 0 Å². The van der Waals surface area contributed by atoms with Gasteiger partial charge in [0.25, 0.3) is 0 Å². The van der Waals surface area contributed by atoms with E-state index in [1.165, 1.54) is 7.11 Å². The molecule has 1 unspecified atom stereocenters. The number of carbonyl (C=O) groups is 1. The third-order valence-electron chi connectivity index (χ3n) is 4.81. The van der Waals surface area contributed by atoms with Gasteiger partial charge in [-0.15, -0.1) is 0 Å². The number of hydrogen-bond donors (Lipinski definition) is 2. The van der Waals surface area contributed by atoms with Crippen LogP contribution in [-0.2, 0) is 24.0 Å². The first-order valence-corrected chi connectivity index (χ1v) is 8.70. The maximum atomic E-state index is 12.3. The van der Waals surface area contributed by atoms with Crippen molar-refractivity contribution in [2.45, 2.75) is 44.8 Å². The van der Waals surface area contributed by atoms with Gasteiger partial charge in [0.15, 0.2) is 0 Å². The van der Waals surface area contributed by atoms with Crippen LogP contribution in [0.25, 0.3) is 0 Å². The predicted octanol–water partition coefficient (Wildman–Crippen LogP) is 3.04. The molecule has 1 aliphatic heterocycles. The van der Waals surface area contributed by atoms with Crippen molar-refractivity contribution in [2.24, 2.45) is 0 Å². The summed E-state index contributed by atoms with van der Waals surface area (Å²) in [7, 11) is 1.30. The largest absolute Gasteiger partial charge is 0.507 e. The first-order chi connectivity index (χ1) is 12.3. The summed E-state index contributed by atoms with van der Waals surface area (Å²) in [4.78, 5) is 12.3. The van der Waals surface area contributed by atoms with Crippen LogP contribution in [0.1, 0.15) is 40.9 Å². The summed E-state index contributed by atoms with van der Waals surface area (Å²) >= 11 is 0. The standard InChI is InChI=1S/C21H24O5/c1-21(2,24)17-12-15-16(26-17)11-14(18(19(15)22)20(23)25-3)10-9-13-7-5-4-6-8-13/h4-8,11,17,22,24H,9-10,12H2,1-3H3. The number of benzene rings is 2. The summed E-state index contributed by atoms with van der Waals surface area (Å²) in [5, 5.41) is 20.9. The van der Waals surface area contributed by atoms with Crippen LogP contribution in [0.5, 0.6) is 11.5 Å². The van der Waals surface area contributed by atoms with Crippen LogP contribution in [0, 0.1) is 0 Å². The van der Waals surface area contributed by atoms with Crippen molar-refractivity contribution >= 4 is 5.97 Å². The van der Waals surface area contributed by atoms with E-state index < -0.39 is 17.7 Å². The smallest absolute Gasteiger partial charge is 0.341 e. The quantitative estimate of drug-likeness (QED) is 0.806. The van der Waals surface area contributed by atoms with Gasteiger partial charge < -0.3 is 19.7 Å². The molecule has 0 fully saturated rings. The number of phenolic OH excluding ortho intramolecular Hbond substituents is 1. The number of phenols is 1. The van der Waals surface area contributed by atoms with Crippen LogP contribution in [0.3, 0.4) is 0 Å². The highest BCUT2D eigenvalue weighted by Gasteiger charge is 2.38. The maximum absolute atomic E-state index is 12.3. The highest BCUT2D eigenvalue weighted by atomic mass is 16.5. The number of hydrogen-bond acceptors (Lipinski definition) is 5. The average molecular weight is 356 g/mol. The van der Waals surface area contributed by atoms with E-state index in [1.54, 1.807) is 19.9 Å². The summed E-state index contributed by atoms with van der Waals surface area (Å²) in [5.41, 5.74) is 1.48. The molecule has 5 nitrogen and oxygen atoms in total.